The van der Waals surface area contributed by atoms with Gasteiger partial charge in [0.2, 0.25) is 0 Å². The molecule has 0 radical (unpaired) electrons. The number of rotatable bonds is 4. The average Bonchev–Trinajstić information content (AvgIpc) is 2.25. The van der Waals surface area contributed by atoms with Crippen molar-refractivity contribution in [3.05, 3.63) is 33.9 Å². The molecule has 0 heterocycles. The van der Waals surface area contributed by atoms with Gasteiger partial charge in [0.25, 0.3) is 0 Å². The van der Waals surface area contributed by atoms with Crippen LogP contribution in [0.15, 0.2) is 18.2 Å². The van der Waals surface area contributed by atoms with Crippen LogP contribution in [0.5, 0.6) is 5.75 Å². The molecule has 0 aliphatic carbocycles. The molecule has 0 atom stereocenters. The van der Waals surface area contributed by atoms with Crippen LogP contribution in [0.3, 0.4) is 0 Å². The van der Waals surface area contributed by atoms with Crippen molar-refractivity contribution in [3.8, 4) is 11.8 Å². The van der Waals surface area contributed by atoms with Gasteiger partial charge in [0, 0.05) is 6.07 Å². The number of hydrogen-bond acceptors (Lipinski definition) is 5. The average molecular weight is 236 g/mol. The summed E-state index contributed by atoms with van der Waals surface area (Å²) in [4.78, 5) is 10.1. The summed E-state index contributed by atoms with van der Waals surface area (Å²) in [5.74, 6) is 0.0381. The van der Waals surface area contributed by atoms with Crippen LogP contribution in [0.1, 0.15) is 19.4 Å². The number of hydrogen-bond donors (Lipinski definition) is 1. The van der Waals surface area contributed by atoms with Gasteiger partial charge in [-0.05, 0) is 26.0 Å². The van der Waals surface area contributed by atoms with Gasteiger partial charge in [0.1, 0.15) is 6.61 Å². The molecule has 0 unspecified atom stereocenters. The lowest BCUT2D eigenvalue weighted by Gasteiger charge is -2.17. The summed E-state index contributed by atoms with van der Waals surface area (Å²) in [6.45, 7) is 2.99. The summed E-state index contributed by atoms with van der Waals surface area (Å²) in [6, 6.07) is 5.72. The Labute approximate surface area is 98.2 Å². The molecule has 0 fully saturated rings. The van der Waals surface area contributed by atoms with Crippen LogP contribution >= 0.6 is 0 Å². The molecule has 0 saturated heterocycles. The van der Waals surface area contributed by atoms with E-state index in [9.17, 15) is 15.2 Å². The van der Waals surface area contributed by atoms with Crippen molar-refractivity contribution in [1.29, 1.82) is 5.26 Å². The molecular formula is C11H12N2O4. The minimum atomic E-state index is -1.08. The van der Waals surface area contributed by atoms with Gasteiger partial charge in [-0.1, -0.05) is 0 Å². The Balaban J connectivity index is 3.00. The van der Waals surface area contributed by atoms with Crippen molar-refractivity contribution < 1.29 is 14.8 Å². The van der Waals surface area contributed by atoms with Gasteiger partial charge in [-0.15, -0.1) is 0 Å². The van der Waals surface area contributed by atoms with Crippen LogP contribution < -0.4 is 4.74 Å². The van der Waals surface area contributed by atoms with E-state index in [1.807, 2.05) is 6.07 Å². The van der Waals surface area contributed by atoms with Gasteiger partial charge in [-0.25, -0.2) is 0 Å². The zero-order valence-corrected chi connectivity index (χ0v) is 9.51. The maximum Gasteiger partial charge on any atom is 0.312 e. The Hall–Kier alpha value is -2.13. The number of aliphatic hydroxyl groups is 1. The highest BCUT2D eigenvalue weighted by Gasteiger charge is 2.19. The van der Waals surface area contributed by atoms with Gasteiger partial charge < -0.3 is 9.84 Å². The van der Waals surface area contributed by atoms with E-state index in [4.69, 9.17) is 10.00 Å². The summed E-state index contributed by atoms with van der Waals surface area (Å²) in [6.07, 6.45) is 0. The number of nitrogens with zero attached hydrogens (tertiary/aromatic N) is 2. The highest BCUT2D eigenvalue weighted by molar-refractivity contribution is 5.51. The third-order valence-corrected chi connectivity index (χ3v) is 1.87. The standard InChI is InChI=1S/C11H12N2O4/c1-11(2,14)7-17-10-4-3-8(6-12)5-9(10)13(15)16/h3-5,14H,7H2,1-2H3. The topological polar surface area (TPSA) is 96.4 Å². The van der Waals surface area contributed by atoms with Crippen molar-refractivity contribution in [3.63, 3.8) is 0 Å². The number of nitriles is 1. The second kappa shape index (κ2) is 4.80. The van der Waals surface area contributed by atoms with E-state index in [1.54, 1.807) is 0 Å². The fraction of sp³-hybridized carbons (Fsp3) is 0.364. The quantitative estimate of drug-likeness (QED) is 0.632. The van der Waals surface area contributed by atoms with Crippen LogP contribution in [-0.2, 0) is 0 Å². The minimum Gasteiger partial charge on any atom is -0.484 e. The molecule has 6 nitrogen and oxygen atoms in total. The molecule has 6 heteroatoms. The van der Waals surface area contributed by atoms with Crippen molar-refractivity contribution in [2.24, 2.45) is 0 Å². The Kier molecular flexibility index (Phi) is 3.66. The first-order valence-electron chi connectivity index (χ1n) is 4.87. The van der Waals surface area contributed by atoms with E-state index in [0.717, 1.165) is 6.07 Å². The first kappa shape index (κ1) is 12.9. The lowest BCUT2D eigenvalue weighted by molar-refractivity contribution is -0.386. The minimum absolute atomic E-state index is 0.0381. The van der Waals surface area contributed by atoms with Crippen molar-refractivity contribution >= 4 is 5.69 Å². The molecule has 0 aliphatic rings. The summed E-state index contributed by atoms with van der Waals surface area (Å²) >= 11 is 0. The fourth-order valence-electron chi connectivity index (χ4n) is 1.11. The molecule has 0 amide bonds. The fourth-order valence-corrected chi connectivity index (χ4v) is 1.11. The molecule has 1 aromatic carbocycles. The summed E-state index contributed by atoms with van der Waals surface area (Å²) < 4.78 is 5.16. The highest BCUT2D eigenvalue weighted by atomic mass is 16.6. The smallest absolute Gasteiger partial charge is 0.312 e. The van der Waals surface area contributed by atoms with Crippen molar-refractivity contribution in [1.82, 2.24) is 0 Å². The van der Waals surface area contributed by atoms with Crippen LogP contribution in [0.4, 0.5) is 5.69 Å². The van der Waals surface area contributed by atoms with E-state index in [0.29, 0.717) is 0 Å². The lowest BCUT2D eigenvalue weighted by Crippen LogP contribution is -2.28. The Morgan fingerprint density at radius 3 is 2.71 bits per heavy atom. The SMILES string of the molecule is CC(C)(O)COc1ccc(C#N)cc1[N+](=O)[O-]. The molecule has 17 heavy (non-hydrogen) atoms. The Bertz CT molecular complexity index is 471. The van der Waals surface area contributed by atoms with E-state index in [2.05, 4.69) is 0 Å². The van der Waals surface area contributed by atoms with Gasteiger partial charge in [0.15, 0.2) is 5.75 Å². The van der Waals surface area contributed by atoms with Crippen LogP contribution in [0, 0.1) is 21.4 Å². The predicted molar refractivity (Wildman–Crippen MR) is 59.6 cm³/mol. The van der Waals surface area contributed by atoms with Gasteiger partial charge >= 0.3 is 5.69 Å². The largest absolute Gasteiger partial charge is 0.484 e. The molecule has 0 bridgehead atoms. The second-order valence-corrected chi connectivity index (χ2v) is 4.15. The van der Waals surface area contributed by atoms with Crippen LogP contribution in [0.25, 0.3) is 0 Å². The summed E-state index contributed by atoms with van der Waals surface area (Å²) in [5, 5.41) is 28.9. The zero-order chi connectivity index (χ0) is 13.1. The third kappa shape index (κ3) is 3.74. The molecular weight excluding hydrogens is 224 g/mol. The predicted octanol–water partition coefficient (Wildman–Crippen LogP) is 1.62. The molecule has 0 saturated carbocycles. The third-order valence-electron chi connectivity index (χ3n) is 1.87. The molecule has 1 rings (SSSR count). The van der Waals surface area contributed by atoms with Crippen molar-refractivity contribution in [2.75, 3.05) is 6.61 Å². The molecule has 0 spiro atoms. The normalized spacial score (nSPS) is 10.7. The van der Waals surface area contributed by atoms with Gasteiger partial charge in [-0.2, -0.15) is 5.26 Å². The van der Waals surface area contributed by atoms with Gasteiger partial charge in [-0.3, -0.25) is 10.1 Å². The van der Waals surface area contributed by atoms with E-state index in [-0.39, 0.29) is 23.6 Å². The highest BCUT2D eigenvalue weighted by Crippen LogP contribution is 2.28. The number of ether oxygens (including phenoxy) is 1. The molecule has 1 aromatic rings. The number of nitro benzene ring substituents is 1. The first-order chi connectivity index (χ1) is 7.83. The van der Waals surface area contributed by atoms with Gasteiger partial charge in [0.05, 0.1) is 22.2 Å². The zero-order valence-electron chi connectivity index (χ0n) is 9.51. The van der Waals surface area contributed by atoms with E-state index < -0.39 is 10.5 Å². The van der Waals surface area contributed by atoms with Crippen molar-refractivity contribution in [2.45, 2.75) is 19.4 Å². The molecule has 90 valence electrons. The van der Waals surface area contributed by atoms with E-state index >= 15 is 0 Å². The first-order valence-corrected chi connectivity index (χ1v) is 4.87. The Morgan fingerprint density at radius 2 is 2.24 bits per heavy atom. The lowest BCUT2D eigenvalue weighted by atomic mass is 10.1. The molecule has 0 aliphatic heterocycles. The maximum absolute atomic E-state index is 10.8. The van der Waals surface area contributed by atoms with Crippen LogP contribution in [0.2, 0.25) is 0 Å². The maximum atomic E-state index is 10.8. The number of benzene rings is 1. The summed E-state index contributed by atoms with van der Waals surface area (Å²) in [5.41, 5.74) is -1.18. The number of nitro groups is 1. The monoisotopic (exact) mass is 236 g/mol. The van der Waals surface area contributed by atoms with Crippen LogP contribution in [-0.4, -0.2) is 22.2 Å². The molecule has 0 aromatic heterocycles. The molecule has 1 N–H and O–H groups in total. The second-order valence-electron chi connectivity index (χ2n) is 4.15. The summed E-state index contributed by atoms with van der Waals surface area (Å²) in [7, 11) is 0. The van der Waals surface area contributed by atoms with E-state index in [1.165, 1.54) is 26.0 Å². The Morgan fingerprint density at radius 1 is 1.59 bits per heavy atom.